The zero-order valence-corrected chi connectivity index (χ0v) is 11.8. The van der Waals surface area contributed by atoms with E-state index >= 15 is 0 Å². The number of nitrogens with one attached hydrogen (secondary N) is 1. The molecule has 1 N–H and O–H groups in total. The molecule has 102 valence electrons. The maximum atomic E-state index is 12.0. The lowest BCUT2D eigenvalue weighted by molar-refractivity contribution is -0.132. The smallest absolute Gasteiger partial charge is 0.236 e. The molecule has 0 radical (unpaired) electrons. The number of methoxy groups -OCH3 is 1. The van der Waals surface area contributed by atoms with Crippen molar-refractivity contribution in [1.29, 1.82) is 0 Å². The standard InChI is InChI=1S/C13H28N2O2/c1-5-7-9-15(12(3)6-2)13(16)11-14-8-10-17-4/h12,14H,5-11H2,1-4H3. The van der Waals surface area contributed by atoms with Gasteiger partial charge in [0.05, 0.1) is 13.2 Å². The Labute approximate surface area is 106 Å². The lowest BCUT2D eigenvalue weighted by atomic mass is 10.2. The summed E-state index contributed by atoms with van der Waals surface area (Å²) in [5.74, 6) is 0.198. The number of ether oxygens (including phenoxy) is 1. The van der Waals surface area contributed by atoms with Crippen molar-refractivity contribution in [3.63, 3.8) is 0 Å². The minimum Gasteiger partial charge on any atom is -0.383 e. The Morgan fingerprint density at radius 2 is 2.12 bits per heavy atom. The Morgan fingerprint density at radius 3 is 2.65 bits per heavy atom. The van der Waals surface area contributed by atoms with E-state index in [2.05, 4.69) is 26.1 Å². The highest BCUT2D eigenvalue weighted by molar-refractivity contribution is 5.78. The average Bonchev–Trinajstić information content (AvgIpc) is 2.34. The van der Waals surface area contributed by atoms with Gasteiger partial charge in [0.15, 0.2) is 0 Å². The molecule has 4 nitrogen and oxygen atoms in total. The van der Waals surface area contributed by atoms with Crippen LogP contribution in [-0.4, -0.2) is 50.2 Å². The third-order valence-corrected chi connectivity index (χ3v) is 2.95. The second kappa shape index (κ2) is 10.5. The van der Waals surface area contributed by atoms with Gasteiger partial charge in [-0.05, 0) is 19.8 Å². The summed E-state index contributed by atoms with van der Waals surface area (Å²) in [6, 6.07) is 0.332. The summed E-state index contributed by atoms with van der Waals surface area (Å²) in [4.78, 5) is 14.0. The first-order valence-electron chi connectivity index (χ1n) is 6.66. The summed E-state index contributed by atoms with van der Waals surface area (Å²) in [5.41, 5.74) is 0. The number of rotatable bonds is 10. The van der Waals surface area contributed by atoms with Gasteiger partial charge in [0.25, 0.3) is 0 Å². The summed E-state index contributed by atoms with van der Waals surface area (Å²) in [7, 11) is 1.66. The summed E-state index contributed by atoms with van der Waals surface area (Å²) in [5, 5.41) is 3.11. The Morgan fingerprint density at radius 1 is 1.41 bits per heavy atom. The first kappa shape index (κ1) is 16.4. The molecule has 0 aromatic heterocycles. The molecule has 0 aliphatic carbocycles. The monoisotopic (exact) mass is 244 g/mol. The fraction of sp³-hybridized carbons (Fsp3) is 0.923. The van der Waals surface area contributed by atoms with Gasteiger partial charge in [-0.15, -0.1) is 0 Å². The van der Waals surface area contributed by atoms with E-state index in [9.17, 15) is 4.79 Å². The predicted molar refractivity (Wildman–Crippen MR) is 71.1 cm³/mol. The highest BCUT2D eigenvalue weighted by Crippen LogP contribution is 2.05. The van der Waals surface area contributed by atoms with Crippen molar-refractivity contribution in [2.45, 2.75) is 46.1 Å². The van der Waals surface area contributed by atoms with Gasteiger partial charge in [-0.1, -0.05) is 20.3 Å². The van der Waals surface area contributed by atoms with Crippen molar-refractivity contribution in [2.75, 3.05) is 33.4 Å². The lowest BCUT2D eigenvalue weighted by Gasteiger charge is -2.28. The van der Waals surface area contributed by atoms with Crippen LogP contribution in [0.15, 0.2) is 0 Å². The van der Waals surface area contributed by atoms with Gasteiger partial charge in [-0.3, -0.25) is 4.79 Å². The third kappa shape index (κ3) is 7.34. The third-order valence-electron chi connectivity index (χ3n) is 2.95. The molecule has 0 rings (SSSR count). The highest BCUT2D eigenvalue weighted by atomic mass is 16.5. The van der Waals surface area contributed by atoms with Crippen LogP contribution in [0.2, 0.25) is 0 Å². The van der Waals surface area contributed by atoms with E-state index in [0.29, 0.717) is 19.2 Å². The van der Waals surface area contributed by atoms with E-state index in [1.54, 1.807) is 7.11 Å². The van der Waals surface area contributed by atoms with Crippen LogP contribution in [0.1, 0.15) is 40.0 Å². The zero-order valence-electron chi connectivity index (χ0n) is 11.8. The van der Waals surface area contributed by atoms with E-state index < -0.39 is 0 Å². The molecule has 0 fully saturated rings. The number of nitrogens with zero attached hydrogens (tertiary/aromatic N) is 1. The Bertz CT molecular complexity index is 198. The molecule has 1 amide bonds. The van der Waals surface area contributed by atoms with E-state index in [0.717, 1.165) is 32.4 Å². The second-order valence-electron chi connectivity index (χ2n) is 4.37. The molecular weight excluding hydrogens is 216 g/mol. The molecular formula is C13H28N2O2. The van der Waals surface area contributed by atoms with Gasteiger partial charge in [0.2, 0.25) is 5.91 Å². The topological polar surface area (TPSA) is 41.6 Å². The molecule has 0 aliphatic heterocycles. The quantitative estimate of drug-likeness (QED) is 0.594. The molecule has 0 aliphatic rings. The molecule has 1 atom stereocenters. The number of unbranched alkanes of at least 4 members (excludes halogenated alkanes) is 1. The molecule has 17 heavy (non-hydrogen) atoms. The van der Waals surface area contributed by atoms with E-state index in [4.69, 9.17) is 4.74 Å². The van der Waals surface area contributed by atoms with Gasteiger partial charge >= 0.3 is 0 Å². The fourth-order valence-electron chi connectivity index (χ4n) is 1.61. The molecule has 4 heteroatoms. The molecule has 0 saturated carbocycles. The molecule has 0 aromatic rings. The van der Waals surface area contributed by atoms with E-state index in [-0.39, 0.29) is 5.91 Å². The maximum absolute atomic E-state index is 12.0. The predicted octanol–water partition coefficient (Wildman–Crippen LogP) is 1.65. The normalized spacial score (nSPS) is 12.5. The van der Waals surface area contributed by atoms with Gasteiger partial charge < -0.3 is 15.0 Å². The van der Waals surface area contributed by atoms with Gasteiger partial charge in [0, 0.05) is 26.2 Å². The number of hydrogen-bond donors (Lipinski definition) is 1. The average molecular weight is 244 g/mol. The molecule has 0 spiro atoms. The van der Waals surface area contributed by atoms with Crippen LogP contribution < -0.4 is 5.32 Å². The number of carbonyl (C=O) groups is 1. The molecule has 1 unspecified atom stereocenters. The number of hydrogen-bond acceptors (Lipinski definition) is 3. The summed E-state index contributed by atoms with van der Waals surface area (Å²) >= 11 is 0. The van der Waals surface area contributed by atoms with Crippen LogP contribution in [0.3, 0.4) is 0 Å². The lowest BCUT2D eigenvalue weighted by Crippen LogP contribution is -2.44. The molecule has 0 aromatic carbocycles. The number of carbonyl (C=O) groups excluding carboxylic acids is 1. The van der Waals surface area contributed by atoms with Crippen LogP contribution in [0.4, 0.5) is 0 Å². The van der Waals surface area contributed by atoms with Crippen LogP contribution >= 0.6 is 0 Å². The van der Waals surface area contributed by atoms with Crippen molar-refractivity contribution < 1.29 is 9.53 Å². The molecule has 0 saturated heterocycles. The molecule has 0 bridgehead atoms. The van der Waals surface area contributed by atoms with Crippen molar-refractivity contribution in [2.24, 2.45) is 0 Å². The Balaban J connectivity index is 4.03. The fourth-order valence-corrected chi connectivity index (χ4v) is 1.61. The van der Waals surface area contributed by atoms with Crippen molar-refractivity contribution >= 4 is 5.91 Å². The largest absolute Gasteiger partial charge is 0.383 e. The summed E-state index contributed by atoms with van der Waals surface area (Å²) in [6.45, 7) is 9.04. The summed E-state index contributed by atoms with van der Waals surface area (Å²) in [6.07, 6.45) is 3.21. The Kier molecular flexibility index (Phi) is 10.2. The van der Waals surface area contributed by atoms with E-state index in [1.165, 1.54) is 0 Å². The minimum absolute atomic E-state index is 0.198. The maximum Gasteiger partial charge on any atom is 0.236 e. The van der Waals surface area contributed by atoms with Crippen LogP contribution in [-0.2, 0) is 9.53 Å². The minimum atomic E-state index is 0.198. The molecule has 0 heterocycles. The van der Waals surface area contributed by atoms with Gasteiger partial charge in [-0.2, -0.15) is 0 Å². The highest BCUT2D eigenvalue weighted by Gasteiger charge is 2.17. The number of amides is 1. The van der Waals surface area contributed by atoms with Crippen molar-refractivity contribution in [3.05, 3.63) is 0 Å². The SMILES string of the molecule is CCCCN(C(=O)CNCCOC)C(C)CC. The van der Waals surface area contributed by atoms with Crippen LogP contribution in [0, 0.1) is 0 Å². The van der Waals surface area contributed by atoms with E-state index in [1.807, 2.05) is 4.90 Å². The van der Waals surface area contributed by atoms with Crippen molar-refractivity contribution in [3.8, 4) is 0 Å². The first-order valence-corrected chi connectivity index (χ1v) is 6.66. The van der Waals surface area contributed by atoms with Crippen LogP contribution in [0.25, 0.3) is 0 Å². The second-order valence-corrected chi connectivity index (χ2v) is 4.37. The van der Waals surface area contributed by atoms with Gasteiger partial charge in [-0.25, -0.2) is 0 Å². The first-order chi connectivity index (χ1) is 8.17. The zero-order chi connectivity index (χ0) is 13.1. The van der Waals surface area contributed by atoms with Crippen LogP contribution in [0.5, 0.6) is 0 Å². The van der Waals surface area contributed by atoms with Gasteiger partial charge in [0.1, 0.15) is 0 Å². The van der Waals surface area contributed by atoms with Crippen molar-refractivity contribution in [1.82, 2.24) is 10.2 Å². The summed E-state index contributed by atoms with van der Waals surface area (Å²) < 4.78 is 4.93. The Hall–Kier alpha value is -0.610.